The first-order valence-electron chi connectivity index (χ1n) is 21.6. The van der Waals surface area contributed by atoms with Gasteiger partial charge in [0.05, 0.1) is 12.2 Å². The Morgan fingerprint density at radius 2 is 1.30 bits per heavy atom. The molecule has 0 saturated heterocycles. The molecule has 10 atom stereocenters. The van der Waals surface area contributed by atoms with Crippen molar-refractivity contribution in [2.75, 3.05) is 13.1 Å². The lowest BCUT2D eigenvalue weighted by Gasteiger charge is -2.62. The summed E-state index contributed by atoms with van der Waals surface area (Å²) in [6, 6.07) is 0. The van der Waals surface area contributed by atoms with E-state index in [0.29, 0.717) is 61.4 Å². The zero-order chi connectivity index (χ0) is 36.0. The number of hydrogen-bond acceptors (Lipinski definition) is 4. The monoisotopic (exact) mass is 699 g/mol. The fourth-order valence-corrected chi connectivity index (χ4v) is 11.7. The first-order valence-corrected chi connectivity index (χ1v) is 21.6. The summed E-state index contributed by atoms with van der Waals surface area (Å²) in [7, 11) is 0. The van der Waals surface area contributed by atoms with Gasteiger partial charge in [0.25, 0.3) is 0 Å². The van der Waals surface area contributed by atoms with Crippen molar-refractivity contribution >= 4 is 11.8 Å². The summed E-state index contributed by atoms with van der Waals surface area (Å²) in [5.74, 6) is 3.24. The van der Waals surface area contributed by atoms with Crippen LogP contribution in [0.4, 0.5) is 0 Å². The Kier molecular flexibility index (Phi) is 17.2. The zero-order valence-corrected chi connectivity index (χ0v) is 32.9. The molecule has 0 aromatic rings. The summed E-state index contributed by atoms with van der Waals surface area (Å²) < 4.78 is 0. The first-order chi connectivity index (χ1) is 24.1. The highest BCUT2D eigenvalue weighted by Crippen LogP contribution is 2.68. The van der Waals surface area contributed by atoms with E-state index in [4.69, 9.17) is 0 Å². The second-order valence-electron chi connectivity index (χ2n) is 18.0. The van der Waals surface area contributed by atoms with Gasteiger partial charge in [-0.2, -0.15) is 0 Å². The molecule has 0 aliphatic heterocycles. The van der Waals surface area contributed by atoms with Crippen LogP contribution >= 0.6 is 0 Å². The molecule has 2 amide bonds. The summed E-state index contributed by atoms with van der Waals surface area (Å²) in [5.41, 5.74) is 0.499. The minimum Gasteiger partial charge on any atom is -0.393 e. The maximum atomic E-state index is 12.7. The molecule has 1 unspecified atom stereocenters. The maximum Gasteiger partial charge on any atom is 0.220 e. The van der Waals surface area contributed by atoms with Crippen molar-refractivity contribution in [1.29, 1.82) is 0 Å². The highest BCUT2D eigenvalue weighted by atomic mass is 16.3. The van der Waals surface area contributed by atoms with Gasteiger partial charge in [-0.3, -0.25) is 9.59 Å². The van der Waals surface area contributed by atoms with E-state index in [1.165, 1.54) is 96.3 Å². The van der Waals surface area contributed by atoms with Crippen molar-refractivity contribution in [3.05, 3.63) is 12.2 Å². The van der Waals surface area contributed by atoms with Crippen molar-refractivity contribution in [2.24, 2.45) is 46.3 Å². The van der Waals surface area contributed by atoms with E-state index < -0.39 is 0 Å². The van der Waals surface area contributed by atoms with Gasteiger partial charge < -0.3 is 20.8 Å². The van der Waals surface area contributed by atoms with E-state index in [0.717, 1.165) is 44.9 Å². The molecule has 0 spiro atoms. The number of aliphatic hydroxyl groups excluding tert-OH is 2. The van der Waals surface area contributed by atoms with Crippen LogP contribution in [0.5, 0.6) is 0 Å². The fraction of sp³-hybridized carbons (Fsp3) is 0.909. The van der Waals surface area contributed by atoms with Crippen molar-refractivity contribution in [2.45, 2.75) is 194 Å². The van der Waals surface area contributed by atoms with E-state index >= 15 is 0 Å². The summed E-state index contributed by atoms with van der Waals surface area (Å²) in [4.78, 5) is 25.0. The van der Waals surface area contributed by atoms with Crippen molar-refractivity contribution in [3.63, 3.8) is 0 Å². The van der Waals surface area contributed by atoms with Crippen LogP contribution in [0.2, 0.25) is 0 Å². The molecular weight excluding hydrogens is 620 g/mol. The van der Waals surface area contributed by atoms with Gasteiger partial charge >= 0.3 is 0 Å². The number of carbonyl (C=O) groups is 2. The average molecular weight is 699 g/mol. The predicted octanol–water partition coefficient (Wildman–Crippen LogP) is 9.66. The average Bonchev–Trinajstić information content (AvgIpc) is 3.45. The van der Waals surface area contributed by atoms with E-state index in [9.17, 15) is 19.8 Å². The first kappa shape index (κ1) is 41.4. The molecule has 0 heterocycles. The molecule has 50 heavy (non-hydrogen) atoms. The minimum atomic E-state index is -0.241. The lowest BCUT2D eigenvalue weighted by atomic mass is 9.43. The Labute approximate surface area is 307 Å². The highest BCUT2D eigenvalue weighted by Gasteiger charge is 2.62. The number of amides is 2. The molecule has 4 aliphatic carbocycles. The number of aliphatic hydroxyl groups is 2. The van der Waals surface area contributed by atoms with Crippen LogP contribution in [0.15, 0.2) is 12.2 Å². The molecular formula is C44H78N2O4. The summed E-state index contributed by atoms with van der Waals surface area (Å²) in [5, 5.41) is 27.9. The Morgan fingerprint density at radius 3 is 1.98 bits per heavy atom. The van der Waals surface area contributed by atoms with Crippen LogP contribution in [-0.4, -0.2) is 47.3 Å². The molecule has 4 N–H and O–H groups in total. The van der Waals surface area contributed by atoms with Gasteiger partial charge in [-0.15, -0.1) is 0 Å². The van der Waals surface area contributed by atoms with Gasteiger partial charge in [0, 0.05) is 25.9 Å². The van der Waals surface area contributed by atoms with E-state index in [2.05, 4.69) is 50.5 Å². The van der Waals surface area contributed by atoms with Gasteiger partial charge in [-0.1, -0.05) is 91.2 Å². The summed E-state index contributed by atoms with van der Waals surface area (Å²) in [6.45, 7) is 10.6. The molecule has 288 valence electrons. The Morgan fingerprint density at radius 1 is 0.720 bits per heavy atom. The number of carbonyl (C=O) groups excluding carboxylic acids is 2. The number of nitrogens with one attached hydrogen (secondary N) is 2. The minimum absolute atomic E-state index is 0.0907. The third kappa shape index (κ3) is 11.3. The molecule has 0 radical (unpaired) electrons. The van der Waals surface area contributed by atoms with E-state index in [-0.39, 0.29) is 34.9 Å². The van der Waals surface area contributed by atoms with Gasteiger partial charge in [0.15, 0.2) is 0 Å². The predicted molar refractivity (Wildman–Crippen MR) is 206 cm³/mol. The van der Waals surface area contributed by atoms with Crippen LogP contribution in [0, 0.1) is 46.3 Å². The molecule has 0 aromatic heterocycles. The van der Waals surface area contributed by atoms with Gasteiger partial charge in [0.2, 0.25) is 11.8 Å². The standard InChI is InChI=1S/C44H78N2O4/c1-5-6-7-8-9-10-11-12-13-14-15-16-17-18-19-20-40(49)45-29-30-46-41(50)24-21-33(2)36-22-23-37-42-38(26-28-44(36,37)4)43(3)27-25-35(47)31-34(43)32-39(42)48/h12-13,33-39,42,47-48H,5-11,14-32H2,1-4H3,(H,45,49)(H,46,50)/b13-12-/t33-,34+,35-,36?,37+,38+,39-,42+,43+,44-/m1/s1. The smallest absolute Gasteiger partial charge is 0.220 e. The van der Waals surface area contributed by atoms with Gasteiger partial charge in [-0.05, 0) is 136 Å². The molecule has 4 rings (SSSR count). The molecule has 4 fully saturated rings. The second kappa shape index (κ2) is 20.7. The van der Waals surface area contributed by atoms with Crippen LogP contribution in [0.25, 0.3) is 0 Å². The Balaban J connectivity index is 1.02. The van der Waals surface area contributed by atoms with Gasteiger partial charge in [-0.25, -0.2) is 0 Å². The van der Waals surface area contributed by atoms with Crippen molar-refractivity contribution < 1.29 is 19.8 Å². The lowest BCUT2D eigenvalue weighted by Crippen LogP contribution is -2.58. The van der Waals surface area contributed by atoms with Gasteiger partial charge in [0.1, 0.15) is 0 Å². The van der Waals surface area contributed by atoms with E-state index in [1.807, 2.05) is 0 Å². The van der Waals surface area contributed by atoms with E-state index in [1.54, 1.807) is 0 Å². The number of allylic oxidation sites excluding steroid dienone is 2. The van der Waals surface area contributed by atoms with Crippen LogP contribution in [-0.2, 0) is 9.59 Å². The van der Waals surface area contributed by atoms with Crippen LogP contribution in [0.3, 0.4) is 0 Å². The maximum absolute atomic E-state index is 12.7. The third-order valence-corrected chi connectivity index (χ3v) is 14.7. The zero-order valence-electron chi connectivity index (χ0n) is 32.9. The topological polar surface area (TPSA) is 98.7 Å². The quantitative estimate of drug-likeness (QED) is 0.0669. The lowest BCUT2D eigenvalue weighted by molar-refractivity contribution is -0.174. The molecule has 6 nitrogen and oxygen atoms in total. The van der Waals surface area contributed by atoms with Crippen LogP contribution in [0.1, 0.15) is 182 Å². The van der Waals surface area contributed by atoms with Crippen molar-refractivity contribution in [3.8, 4) is 0 Å². The third-order valence-electron chi connectivity index (χ3n) is 14.7. The number of fused-ring (bicyclic) bond motifs is 5. The number of hydrogen-bond donors (Lipinski definition) is 4. The molecule has 4 aliphatic rings. The molecule has 6 heteroatoms. The Hall–Kier alpha value is -1.40. The molecule has 0 aromatic carbocycles. The Bertz CT molecular complexity index is 1050. The number of unbranched alkanes of at least 4 members (excludes halogenated alkanes) is 11. The SMILES string of the molecule is CCCCCCCC/C=C\CCCCCCCC(=O)NCCNC(=O)CC[C@@H](C)C1CC[C@H]2[C@@H]3[C@H](O)C[C@@H]4C[C@H](O)CC[C@]4(C)[C@H]3CC[C@]12C. The fourth-order valence-electron chi connectivity index (χ4n) is 11.7. The normalized spacial score (nSPS) is 34.2. The summed E-state index contributed by atoms with van der Waals surface area (Å²) >= 11 is 0. The largest absolute Gasteiger partial charge is 0.393 e. The molecule has 4 saturated carbocycles. The second-order valence-corrected chi connectivity index (χ2v) is 18.0. The van der Waals surface area contributed by atoms with Crippen LogP contribution < -0.4 is 10.6 Å². The number of rotatable bonds is 22. The van der Waals surface area contributed by atoms with Crippen molar-refractivity contribution in [1.82, 2.24) is 10.6 Å². The highest BCUT2D eigenvalue weighted by molar-refractivity contribution is 5.77. The molecule has 0 bridgehead atoms. The summed E-state index contributed by atoms with van der Waals surface area (Å²) in [6.07, 6.45) is 31.2.